The fraction of sp³-hybridized carbons (Fsp3) is 0.200. The lowest BCUT2D eigenvalue weighted by atomic mass is 10.1. The lowest BCUT2D eigenvalue weighted by Crippen LogP contribution is -2.38. The molecule has 0 aromatic heterocycles. The van der Waals surface area contributed by atoms with Gasteiger partial charge in [-0.3, -0.25) is 14.4 Å². The van der Waals surface area contributed by atoms with Crippen molar-refractivity contribution >= 4 is 47.5 Å². The molecule has 1 aliphatic heterocycles. The Bertz CT molecular complexity index is 820. The van der Waals surface area contributed by atoms with Crippen molar-refractivity contribution in [2.24, 2.45) is 5.73 Å². The van der Waals surface area contributed by atoms with E-state index in [9.17, 15) is 9.59 Å². The van der Waals surface area contributed by atoms with Crippen LogP contribution in [0.5, 0.6) is 0 Å². The van der Waals surface area contributed by atoms with Crippen LogP contribution in [-0.2, 0) is 9.53 Å². The van der Waals surface area contributed by atoms with Crippen LogP contribution in [0, 0.1) is 0 Å². The summed E-state index contributed by atoms with van der Waals surface area (Å²) >= 11 is 1.09. The normalized spacial score (nSPS) is 13.2. The Morgan fingerprint density at radius 3 is 2.19 bits per heavy atom. The van der Waals surface area contributed by atoms with Gasteiger partial charge in [0, 0.05) is 5.75 Å². The zero-order valence-corrected chi connectivity index (χ0v) is 15.7. The van der Waals surface area contributed by atoms with Crippen LogP contribution in [-0.4, -0.2) is 30.4 Å². The van der Waals surface area contributed by atoms with Gasteiger partial charge in [0.2, 0.25) is 0 Å². The molecule has 2 aromatic carbocycles. The van der Waals surface area contributed by atoms with Crippen molar-refractivity contribution < 1.29 is 14.3 Å². The van der Waals surface area contributed by atoms with Gasteiger partial charge in [-0.1, -0.05) is 48.6 Å². The van der Waals surface area contributed by atoms with E-state index >= 15 is 0 Å². The molecule has 6 nitrogen and oxygen atoms in total. The highest BCUT2D eigenvalue weighted by Gasteiger charge is 2.24. The molecule has 0 spiro atoms. The molecule has 2 aromatic rings. The first-order chi connectivity index (χ1) is 13.1. The Labute approximate surface area is 162 Å². The number of nitrogens with zero attached hydrogens (tertiary/aromatic N) is 1. The van der Waals surface area contributed by atoms with Gasteiger partial charge in [0.1, 0.15) is 6.04 Å². The first kappa shape index (κ1) is 19.0. The summed E-state index contributed by atoms with van der Waals surface area (Å²) in [5, 5.41) is 0. The van der Waals surface area contributed by atoms with E-state index in [-0.39, 0.29) is 18.4 Å². The summed E-state index contributed by atoms with van der Waals surface area (Å²) in [7, 11) is 0. The fourth-order valence-corrected chi connectivity index (χ4v) is 3.36. The second-order valence-corrected chi connectivity index (χ2v) is 6.69. The lowest BCUT2D eigenvalue weighted by Gasteiger charge is -2.25. The van der Waals surface area contributed by atoms with E-state index in [1.54, 1.807) is 11.8 Å². The largest absolute Gasteiger partial charge is 0.465 e. The standard InChI is InChI=1S/C20H21N3O3S/c1-2-26-19(24)16(21)13-27-22-20(25)23-17-9-5-3-7-14(17)11-12-15-8-4-6-10-18(15)23/h3-12,16H,2,13,21H2,1H3,(H,22,25)/t16-/m0/s1. The molecule has 0 radical (unpaired) electrons. The third-order valence-electron chi connectivity index (χ3n) is 4.01. The number of carbonyl (C=O) groups excluding carboxylic acids is 2. The SMILES string of the molecule is CCOC(=O)[C@@H](N)CSNC(=O)N1c2ccccc2C=Cc2ccccc21. The predicted octanol–water partition coefficient (Wildman–Crippen LogP) is 3.56. The third-order valence-corrected chi connectivity index (χ3v) is 4.86. The van der Waals surface area contributed by atoms with Crippen molar-refractivity contribution in [2.45, 2.75) is 13.0 Å². The number of carbonyl (C=O) groups is 2. The smallest absolute Gasteiger partial charge is 0.336 e. The first-order valence-corrected chi connectivity index (χ1v) is 9.60. The van der Waals surface area contributed by atoms with Crippen molar-refractivity contribution in [3.8, 4) is 0 Å². The predicted molar refractivity (Wildman–Crippen MR) is 110 cm³/mol. The van der Waals surface area contributed by atoms with Crippen LogP contribution < -0.4 is 15.4 Å². The third kappa shape index (κ3) is 4.32. The topological polar surface area (TPSA) is 84.7 Å². The van der Waals surface area contributed by atoms with Gasteiger partial charge >= 0.3 is 12.0 Å². The minimum atomic E-state index is -0.791. The number of esters is 1. The average Bonchev–Trinajstić information content (AvgIpc) is 2.85. The van der Waals surface area contributed by atoms with E-state index in [1.807, 2.05) is 60.7 Å². The Morgan fingerprint density at radius 2 is 1.63 bits per heavy atom. The van der Waals surface area contributed by atoms with E-state index in [0.717, 1.165) is 34.4 Å². The van der Waals surface area contributed by atoms with Crippen molar-refractivity contribution in [3.05, 3.63) is 59.7 Å². The maximum Gasteiger partial charge on any atom is 0.336 e. The van der Waals surface area contributed by atoms with Gasteiger partial charge in [0.05, 0.1) is 18.0 Å². The van der Waals surface area contributed by atoms with Crippen LogP contribution in [0.15, 0.2) is 48.5 Å². The molecule has 1 heterocycles. The van der Waals surface area contributed by atoms with Crippen LogP contribution in [0.25, 0.3) is 12.2 Å². The van der Waals surface area contributed by atoms with Crippen LogP contribution in [0.4, 0.5) is 16.2 Å². The highest BCUT2D eigenvalue weighted by Crippen LogP contribution is 2.36. The van der Waals surface area contributed by atoms with Crippen molar-refractivity contribution in [3.63, 3.8) is 0 Å². The zero-order chi connectivity index (χ0) is 19.2. The highest BCUT2D eigenvalue weighted by atomic mass is 32.2. The molecule has 0 fully saturated rings. The number of fused-ring (bicyclic) bond motifs is 2. The van der Waals surface area contributed by atoms with Gasteiger partial charge in [-0.25, -0.2) is 4.79 Å². The molecule has 27 heavy (non-hydrogen) atoms. The van der Waals surface area contributed by atoms with Gasteiger partial charge in [0.15, 0.2) is 0 Å². The number of nitrogens with one attached hydrogen (secondary N) is 1. The Balaban J connectivity index is 1.78. The number of amides is 2. The van der Waals surface area contributed by atoms with Gasteiger partial charge in [-0.2, -0.15) is 0 Å². The van der Waals surface area contributed by atoms with Crippen LogP contribution in [0.3, 0.4) is 0 Å². The lowest BCUT2D eigenvalue weighted by molar-refractivity contribution is -0.144. The molecule has 0 saturated heterocycles. The molecule has 1 atom stereocenters. The van der Waals surface area contributed by atoms with Crippen molar-refractivity contribution in [2.75, 3.05) is 17.3 Å². The molecular formula is C20H21N3O3S. The molecule has 0 unspecified atom stereocenters. The van der Waals surface area contributed by atoms with Gasteiger partial charge < -0.3 is 10.5 Å². The van der Waals surface area contributed by atoms with E-state index < -0.39 is 12.0 Å². The number of benzene rings is 2. The van der Waals surface area contributed by atoms with Gasteiger partial charge in [-0.05, 0) is 42.1 Å². The molecule has 7 heteroatoms. The minimum Gasteiger partial charge on any atom is -0.465 e. The average molecular weight is 383 g/mol. The fourth-order valence-electron chi connectivity index (χ4n) is 2.75. The summed E-state index contributed by atoms with van der Waals surface area (Å²) in [6.45, 7) is 2.00. The highest BCUT2D eigenvalue weighted by molar-refractivity contribution is 7.98. The first-order valence-electron chi connectivity index (χ1n) is 8.62. The molecule has 1 aliphatic rings. The van der Waals surface area contributed by atoms with E-state index in [4.69, 9.17) is 10.5 Å². The summed E-state index contributed by atoms with van der Waals surface area (Å²) in [4.78, 5) is 26.2. The zero-order valence-electron chi connectivity index (χ0n) is 14.9. The summed E-state index contributed by atoms with van der Waals surface area (Å²) in [5.41, 5.74) is 9.23. The summed E-state index contributed by atoms with van der Waals surface area (Å²) < 4.78 is 7.66. The molecule has 2 amide bonds. The monoisotopic (exact) mass is 383 g/mol. The summed E-state index contributed by atoms with van der Waals surface area (Å²) in [6.07, 6.45) is 3.98. The quantitative estimate of drug-likeness (QED) is 0.609. The molecule has 0 saturated carbocycles. The van der Waals surface area contributed by atoms with Gasteiger partial charge in [0.25, 0.3) is 0 Å². The number of urea groups is 1. The van der Waals surface area contributed by atoms with E-state index in [2.05, 4.69) is 4.72 Å². The van der Waals surface area contributed by atoms with Crippen molar-refractivity contribution in [1.82, 2.24) is 4.72 Å². The number of para-hydroxylation sites is 2. The number of rotatable bonds is 5. The second kappa shape index (κ2) is 8.75. The van der Waals surface area contributed by atoms with Crippen molar-refractivity contribution in [1.29, 1.82) is 0 Å². The molecule has 0 aliphatic carbocycles. The summed E-state index contributed by atoms with van der Waals surface area (Å²) in [6, 6.07) is 14.3. The molecule has 140 valence electrons. The van der Waals surface area contributed by atoms with Crippen LogP contribution in [0.1, 0.15) is 18.1 Å². The molecular weight excluding hydrogens is 362 g/mol. The van der Waals surface area contributed by atoms with E-state index in [0.29, 0.717) is 0 Å². The molecule has 3 N–H and O–H groups in total. The molecule has 0 bridgehead atoms. The summed E-state index contributed by atoms with van der Waals surface area (Å²) in [5.74, 6) is -0.256. The Kier molecular flexibility index (Phi) is 6.16. The number of ether oxygens (including phenoxy) is 1. The Morgan fingerprint density at radius 1 is 1.07 bits per heavy atom. The number of hydrogen-bond acceptors (Lipinski definition) is 5. The van der Waals surface area contributed by atoms with Crippen LogP contribution >= 0.6 is 11.9 Å². The second-order valence-electron chi connectivity index (χ2n) is 5.86. The molecule has 3 rings (SSSR count). The Hall–Kier alpha value is -2.77. The minimum absolute atomic E-state index is 0.222. The number of anilines is 2. The maximum atomic E-state index is 13.0. The number of hydrogen-bond donors (Lipinski definition) is 2. The van der Waals surface area contributed by atoms with E-state index in [1.165, 1.54) is 0 Å². The number of nitrogens with two attached hydrogens (primary N) is 1. The van der Waals surface area contributed by atoms with Gasteiger partial charge in [-0.15, -0.1) is 0 Å². The maximum absolute atomic E-state index is 13.0. The van der Waals surface area contributed by atoms with Crippen LogP contribution in [0.2, 0.25) is 0 Å².